The normalized spacial score (nSPS) is 16.6. The van der Waals surface area contributed by atoms with Gasteiger partial charge < -0.3 is 16.0 Å². The minimum Gasteiger partial charge on any atom is -0.366 e. The quantitative estimate of drug-likeness (QED) is 0.865. The summed E-state index contributed by atoms with van der Waals surface area (Å²) in [5.74, 6) is -1.60. The monoisotopic (exact) mass is 371 g/mol. The summed E-state index contributed by atoms with van der Waals surface area (Å²) in [6, 6.07) is 12.0. The van der Waals surface area contributed by atoms with E-state index < -0.39 is 11.8 Å². The first-order valence-electron chi connectivity index (χ1n) is 8.13. The van der Waals surface area contributed by atoms with Gasteiger partial charge in [0.1, 0.15) is 0 Å². The minimum absolute atomic E-state index is 0.0933. The van der Waals surface area contributed by atoms with Crippen LogP contribution in [0.1, 0.15) is 22.3 Å². The van der Waals surface area contributed by atoms with E-state index in [2.05, 4.69) is 5.32 Å². The number of nitrogens with two attached hydrogens (primary N) is 1. The van der Waals surface area contributed by atoms with Crippen LogP contribution in [0.3, 0.4) is 0 Å². The number of rotatable bonds is 4. The number of hydrogen-bond donors (Lipinski definition) is 2. The van der Waals surface area contributed by atoms with Gasteiger partial charge in [-0.1, -0.05) is 29.8 Å². The van der Waals surface area contributed by atoms with Gasteiger partial charge in [0.2, 0.25) is 11.8 Å². The summed E-state index contributed by atoms with van der Waals surface area (Å²) in [6.07, 6.45) is 0.0933. The molecular weight excluding hydrogens is 354 g/mol. The van der Waals surface area contributed by atoms with Crippen molar-refractivity contribution in [2.45, 2.75) is 13.3 Å². The molecule has 0 spiro atoms. The van der Waals surface area contributed by atoms with E-state index in [1.165, 1.54) is 0 Å². The molecule has 3 rings (SSSR count). The predicted molar refractivity (Wildman–Crippen MR) is 100 cm³/mol. The molecule has 3 amide bonds. The fourth-order valence-corrected chi connectivity index (χ4v) is 3.30. The number of primary amides is 1. The Kier molecular flexibility index (Phi) is 4.95. The Labute approximate surface area is 155 Å². The Morgan fingerprint density at radius 1 is 1.23 bits per heavy atom. The zero-order chi connectivity index (χ0) is 18.8. The van der Waals surface area contributed by atoms with Gasteiger partial charge in [0.15, 0.2) is 0 Å². The summed E-state index contributed by atoms with van der Waals surface area (Å²) in [6.45, 7) is 2.00. The molecule has 1 aliphatic heterocycles. The lowest BCUT2D eigenvalue weighted by atomic mass is 10.0. The van der Waals surface area contributed by atoms with Crippen molar-refractivity contribution >= 4 is 40.7 Å². The number of aryl methyl sites for hydroxylation is 1. The molecule has 1 unspecified atom stereocenters. The van der Waals surface area contributed by atoms with Gasteiger partial charge in [-0.25, -0.2) is 0 Å². The summed E-state index contributed by atoms with van der Waals surface area (Å²) in [4.78, 5) is 38.1. The van der Waals surface area contributed by atoms with E-state index in [-0.39, 0.29) is 30.3 Å². The number of hydrogen-bond acceptors (Lipinski definition) is 3. The lowest BCUT2D eigenvalue weighted by Crippen LogP contribution is -2.29. The van der Waals surface area contributed by atoms with E-state index in [0.717, 1.165) is 0 Å². The second-order valence-electron chi connectivity index (χ2n) is 6.24. The highest BCUT2D eigenvalue weighted by Crippen LogP contribution is 2.28. The van der Waals surface area contributed by atoms with Gasteiger partial charge in [0, 0.05) is 23.7 Å². The van der Waals surface area contributed by atoms with Gasteiger partial charge >= 0.3 is 0 Å². The predicted octanol–water partition coefficient (Wildman–Crippen LogP) is 2.74. The van der Waals surface area contributed by atoms with Crippen LogP contribution >= 0.6 is 11.6 Å². The molecule has 1 fully saturated rings. The van der Waals surface area contributed by atoms with E-state index in [0.29, 0.717) is 22.0 Å². The van der Waals surface area contributed by atoms with Crippen molar-refractivity contribution in [3.63, 3.8) is 0 Å². The zero-order valence-electron chi connectivity index (χ0n) is 14.2. The molecule has 26 heavy (non-hydrogen) atoms. The van der Waals surface area contributed by atoms with Crippen LogP contribution in [-0.4, -0.2) is 24.3 Å². The Hall–Kier alpha value is -2.86. The van der Waals surface area contributed by atoms with E-state index in [9.17, 15) is 14.4 Å². The largest absolute Gasteiger partial charge is 0.366 e. The molecule has 2 aromatic carbocycles. The number of benzene rings is 2. The van der Waals surface area contributed by atoms with Crippen molar-refractivity contribution < 1.29 is 14.4 Å². The highest BCUT2D eigenvalue weighted by Gasteiger charge is 2.35. The summed E-state index contributed by atoms with van der Waals surface area (Å²) >= 11 is 5.98. The van der Waals surface area contributed by atoms with Crippen LogP contribution in [0, 0.1) is 12.8 Å². The topological polar surface area (TPSA) is 92.5 Å². The molecule has 0 aliphatic carbocycles. The summed E-state index contributed by atoms with van der Waals surface area (Å²) in [7, 11) is 0. The lowest BCUT2D eigenvalue weighted by molar-refractivity contribution is -0.122. The molecule has 0 radical (unpaired) electrons. The molecule has 1 atom stereocenters. The number of halogens is 1. The van der Waals surface area contributed by atoms with Crippen molar-refractivity contribution in [2.24, 2.45) is 11.7 Å². The maximum absolute atomic E-state index is 12.6. The molecule has 6 nitrogen and oxygen atoms in total. The first-order chi connectivity index (χ1) is 12.4. The molecule has 1 saturated heterocycles. The third-order valence-corrected chi connectivity index (χ3v) is 4.63. The first-order valence-corrected chi connectivity index (χ1v) is 8.51. The first kappa shape index (κ1) is 17.9. The molecule has 7 heteroatoms. The van der Waals surface area contributed by atoms with Crippen LogP contribution < -0.4 is 16.0 Å². The third-order valence-electron chi connectivity index (χ3n) is 4.39. The van der Waals surface area contributed by atoms with Crippen molar-refractivity contribution in [1.82, 2.24) is 0 Å². The van der Waals surface area contributed by atoms with Gasteiger partial charge in [0.25, 0.3) is 5.91 Å². The van der Waals surface area contributed by atoms with E-state index in [4.69, 9.17) is 17.3 Å². The van der Waals surface area contributed by atoms with Crippen LogP contribution in [0.15, 0.2) is 42.5 Å². The molecule has 1 aliphatic rings. The van der Waals surface area contributed by atoms with Crippen molar-refractivity contribution in [3.05, 3.63) is 58.6 Å². The maximum Gasteiger partial charge on any atom is 0.251 e. The van der Waals surface area contributed by atoms with Crippen LogP contribution in [0.5, 0.6) is 0 Å². The summed E-state index contributed by atoms with van der Waals surface area (Å²) in [5.41, 5.74) is 7.38. The maximum atomic E-state index is 12.6. The van der Waals surface area contributed by atoms with Gasteiger partial charge in [-0.3, -0.25) is 14.4 Å². The Bertz CT molecular complexity index is 897. The molecule has 0 saturated carbocycles. The fourth-order valence-electron chi connectivity index (χ4n) is 3.11. The lowest BCUT2D eigenvalue weighted by Gasteiger charge is -2.17. The number of nitrogens with one attached hydrogen (secondary N) is 1. The fraction of sp³-hybridized carbons (Fsp3) is 0.211. The van der Waals surface area contributed by atoms with Crippen molar-refractivity contribution in [2.75, 3.05) is 16.8 Å². The number of amides is 3. The van der Waals surface area contributed by atoms with E-state index in [1.54, 1.807) is 54.3 Å². The molecule has 134 valence electrons. The third kappa shape index (κ3) is 3.55. The van der Waals surface area contributed by atoms with Crippen molar-refractivity contribution in [1.29, 1.82) is 0 Å². The highest BCUT2D eigenvalue weighted by molar-refractivity contribution is 6.31. The number of carbonyl (C=O) groups is 3. The highest BCUT2D eigenvalue weighted by atomic mass is 35.5. The second-order valence-corrected chi connectivity index (χ2v) is 6.67. The van der Waals surface area contributed by atoms with Crippen molar-refractivity contribution in [3.8, 4) is 0 Å². The Morgan fingerprint density at radius 3 is 2.65 bits per heavy atom. The number of nitrogens with zero attached hydrogens (tertiary/aromatic N) is 1. The number of carbonyl (C=O) groups excluding carboxylic acids is 3. The number of anilines is 2. The molecule has 3 N–H and O–H groups in total. The van der Waals surface area contributed by atoms with Crippen LogP contribution in [-0.2, 0) is 9.59 Å². The molecule has 0 aromatic heterocycles. The van der Waals surface area contributed by atoms with Crippen LogP contribution in [0.25, 0.3) is 0 Å². The smallest absolute Gasteiger partial charge is 0.251 e. The SMILES string of the molecule is Cc1cccc(NC(=O)C2CC(=O)N(c3cccc(Cl)c3)C2)c1C(N)=O. The average Bonchev–Trinajstić information content (AvgIpc) is 2.96. The molecular formula is C19H18ClN3O3. The Morgan fingerprint density at radius 2 is 1.96 bits per heavy atom. The van der Waals surface area contributed by atoms with Gasteiger partial charge in [-0.05, 0) is 36.8 Å². The van der Waals surface area contributed by atoms with Gasteiger partial charge in [-0.15, -0.1) is 0 Å². The second kappa shape index (κ2) is 7.17. The molecule has 1 heterocycles. The molecule has 2 aromatic rings. The van der Waals surface area contributed by atoms with Gasteiger partial charge in [0.05, 0.1) is 17.2 Å². The van der Waals surface area contributed by atoms with E-state index in [1.807, 2.05) is 0 Å². The summed E-state index contributed by atoms with van der Waals surface area (Å²) < 4.78 is 0. The van der Waals surface area contributed by atoms with Crippen LogP contribution in [0.4, 0.5) is 11.4 Å². The van der Waals surface area contributed by atoms with Gasteiger partial charge in [-0.2, -0.15) is 0 Å². The minimum atomic E-state index is -0.610. The van der Waals surface area contributed by atoms with E-state index >= 15 is 0 Å². The Balaban J connectivity index is 1.77. The molecule has 0 bridgehead atoms. The standard InChI is InChI=1S/C19H18ClN3O3/c1-11-4-2-7-15(17(11)18(21)25)22-19(26)12-8-16(24)23(10-12)14-6-3-5-13(20)9-14/h2-7,9,12H,8,10H2,1H3,(H2,21,25)(H,22,26). The average molecular weight is 372 g/mol. The van der Waals surface area contributed by atoms with Crippen LogP contribution in [0.2, 0.25) is 5.02 Å². The summed E-state index contributed by atoms with van der Waals surface area (Å²) in [5, 5.41) is 3.26. The zero-order valence-corrected chi connectivity index (χ0v) is 14.9.